The van der Waals surface area contributed by atoms with Gasteiger partial charge in [0.2, 0.25) is 11.8 Å². The second-order valence-electron chi connectivity index (χ2n) is 7.52. The Morgan fingerprint density at radius 1 is 1.12 bits per heavy atom. The van der Waals surface area contributed by atoms with Crippen molar-refractivity contribution < 1.29 is 14.3 Å². The topological polar surface area (TPSA) is 70.7 Å². The van der Waals surface area contributed by atoms with Crippen molar-refractivity contribution in [2.45, 2.75) is 64.5 Å². The van der Waals surface area contributed by atoms with Crippen molar-refractivity contribution in [3.63, 3.8) is 0 Å². The molecule has 24 heavy (non-hydrogen) atoms. The maximum Gasteiger partial charge on any atom is 0.242 e. The minimum Gasteiger partial charge on any atom is -0.379 e. The fourth-order valence-electron chi connectivity index (χ4n) is 3.97. The maximum absolute atomic E-state index is 12.6. The molecule has 0 aromatic rings. The van der Waals surface area contributed by atoms with Gasteiger partial charge in [-0.25, -0.2) is 0 Å². The number of amides is 2. The molecule has 138 valence electrons. The zero-order valence-corrected chi connectivity index (χ0v) is 15.4. The zero-order chi connectivity index (χ0) is 17.6. The van der Waals surface area contributed by atoms with Crippen LogP contribution in [0.2, 0.25) is 0 Å². The Balaban J connectivity index is 2.01. The monoisotopic (exact) mass is 339 g/mol. The van der Waals surface area contributed by atoms with Crippen LogP contribution in [0.15, 0.2) is 0 Å². The van der Waals surface area contributed by atoms with Crippen LogP contribution >= 0.6 is 0 Å². The summed E-state index contributed by atoms with van der Waals surface area (Å²) in [6, 6.07) is -0.465. The zero-order valence-electron chi connectivity index (χ0n) is 15.4. The third-order valence-electron chi connectivity index (χ3n) is 5.37. The van der Waals surface area contributed by atoms with Crippen LogP contribution in [-0.4, -0.2) is 61.1 Å². The van der Waals surface area contributed by atoms with Crippen molar-refractivity contribution in [2.75, 3.05) is 32.8 Å². The first-order valence-electron chi connectivity index (χ1n) is 9.32. The summed E-state index contributed by atoms with van der Waals surface area (Å²) in [6.07, 6.45) is 5.96. The molecule has 0 spiro atoms. The molecule has 1 heterocycles. The SMILES string of the molecule is CC(=O)NC(C(=O)NCC1(N2CCOCC2)CCCCC1)C(C)C. The summed E-state index contributed by atoms with van der Waals surface area (Å²) < 4.78 is 5.50. The van der Waals surface area contributed by atoms with Crippen LogP contribution < -0.4 is 10.6 Å². The van der Waals surface area contributed by atoms with E-state index in [2.05, 4.69) is 15.5 Å². The molecule has 2 aliphatic rings. The van der Waals surface area contributed by atoms with Crippen LogP contribution in [-0.2, 0) is 14.3 Å². The fourth-order valence-corrected chi connectivity index (χ4v) is 3.97. The minimum absolute atomic E-state index is 0.0510. The number of carbonyl (C=O) groups is 2. The molecule has 1 aliphatic carbocycles. The van der Waals surface area contributed by atoms with E-state index < -0.39 is 6.04 Å². The average Bonchev–Trinajstić information content (AvgIpc) is 2.59. The molecule has 2 fully saturated rings. The number of carbonyl (C=O) groups excluding carboxylic acids is 2. The lowest BCUT2D eigenvalue weighted by Crippen LogP contribution is -2.61. The van der Waals surface area contributed by atoms with Crippen LogP contribution in [0.4, 0.5) is 0 Å². The highest BCUT2D eigenvalue weighted by atomic mass is 16.5. The van der Waals surface area contributed by atoms with E-state index in [9.17, 15) is 9.59 Å². The standard InChI is InChI=1S/C18H33N3O3/c1-14(2)16(20-15(3)22)17(23)19-13-18(7-5-4-6-8-18)21-9-11-24-12-10-21/h14,16H,4-13H2,1-3H3,(H,19,23)(H,20,22). The number of hydrogen-bond acceptors (Lipinski definition) is 4. The van der Waals surface area contributed by atoms with Crippen molar-refractivity contribution in [3.8, 4) is 0 Å². The Bertz CT molecular complexity index is 427. The van der Waals surface area contributed by atoms with Gasteiger partial charge in [0.25, 0.3) is 0 Å². The van der Waals surface area contributed by atoms with Gasteiger partial charge in [0.15, 0.2) is 0 Å². The van der Waals surface area contributed by atoms with E-state index in [1.165, 1.54) is 26.2 Å². The predicted molar refractivity (Wildman–Crippen MR) is 93.7 cm³/mol. The van der Waals surface area contributed by atoms with E-state index in [1.807, 2.05) is 13.8 Å². The number of nitrogens with zero attached hydrogens (tertiary/aromatic N) is 1. The van der Waals surface area contributed by atoms with Gasteiger partial charge in [0.1, 0.15) is 6.04 Å². The van der Waals surface area contributed by atoms with Gasteiger partial charge in [-0.3, -0.25) is 14.5 Å². The van der Waals surface area contributed by atoms with Gasteiger partial charge in [-0.05, 0) is 18.8 Å². The molecule has 0 radical (unpaired) electrons. The molecule has 0 aromatic heterocycles. The quantitative estimate of drug-likeness (QED) is 0.765. The van der Waals surface area contributed by atoms with E-state index in [0.29, 0.717) is 6.54 Å². The predicted octanol–water partition coefficient (Wildman–Crippen LogP) is 1.30. The van der Waals surface area contributed by atoms with Gasteiger partial charge >= 0.3 is 0 Å². The van der Waals surface area contributed by atoms with Gasteiger partial charge in [-0.2, -0.15) is 0 Å². The summed E-state index contributed by atoms with van der Waals surface area (Å²) in [7, 11) is 0. The van der Waals surface area contributed by atoms with Crippen molar-refractivity contribution in [2.24, 2.45) is 5.92 Å². The van der Waals surface area contributed by atoms with Gasteiger partial charge < -0.3 is 15.4 Å². The van der Waals surface area contributed by atoms with Gasteiger partial charge in [-0.15, -0.1) is 0 Å². The van der Waals surface area contributed by atoms with E-state index in [-0.39, 0.29) is 23.3 Å². The molecule has 2 rings (SSSR count). The van der Waals surface area contributed by atoms with E-state index in [0.717, 1.165) is 39.1 Å². The second-order valence-corrected chi connectivity index (χ2v) is 7.52. The van der Waals surface area contributed by atoms with Crippen molar-refractivity contribution in [3.05, 3.63) is 0 Å². The van der Waals surface area contributed by atoms with E-state index >= 15 is 0 Å². The lowest BCUT2D eigenvalue weighted by atomic mass is 9.79. The molecule has 1 saturated carbocycles. The molecule has 0 aromatic carbocycles. The fraction of sp³-hybridized carbons (Fsp3) is 0.889. The lowest BCUT2D eigenvalue weighted by Gasteiger charge is -2.48. The van der Waals surface area contributed by atoms with Gasteiger partial charge in [-0.1, -0.05) is 33.1 Å². The first kappa shape index (κ1) is 19.2. The Morgan fingerprint density at radius 3 is 2.29 bits per heavy atom. The van der Waals surface area contributed by atoms with Gasteiger partial charge in [0.05, 0.1) is 13.2 Å². The first-order chi connectivity index (χ1) is 11.4. The molecule has 1 aliphatic heterocycles. The molecule has 6 nitrogen and oxygen atoms in total. The number of nitrogens with one attached hydrogen (secondary N) is 2. The first-order valence-corrected chi connectivity index (χ1v) is 9.32. The van der Waals surface area contributed by atoms with Crippen LogP contribution in [0, 0.1) is 5.92 Å². The van der Waals surface area contributed by atoms with Crippen LogP contribution in [0.5, 0.6) is 0 Å². The summed E-state index contributed by atoms with van der Waals surface area (Å²) in [5, 5.41) is 5.92. The van der Waals surface area contributed by atoms with E-state index in [1.54, 1.807) is 0 Å². The highest BCUT2D eigenvalue weighted by Crippen LogP contribution is 2.33. The Kier molecular flexibility index (Phi) is 7.04. The van der Waals surface area contributed by atoms with Crippen LogP contribution in [0.1, 0.15) is 52.9 Å². The number of ether oxygens (including phenoxy) is 1. The van der Waals surface area contributed by atoms with Crippen LogP contribution in [0.25, 0.3) is 0 Å². The van der Waals surface area contributed by atoms with Gasteiger partial charge in [0, 0.05) is 32.1 Å². The third kappa shape index (κ3) is 4.93. The Morgan fingerprint density at radius 2 is 1.75 bits per heavy atom. The van der Waals surface area contributed by atoms with E-state index in [4.69, 9.17) is 4.74 Å². The summed E-state index contributed by atoms with van der Waals surface area (Å²) in [6.45, 7) is 9.46. The molecule has 1 saturated heterocycles. The summed E-state index contributed by atoms with van der Waals surface area (Å²) in [4.78, 5) is 26.5. The molecule has 2 amide bonds. The number of rotatable bonds is 6. The largest absolute Gasteiger partial charge is 0.379 e. The third-order valence-corrected chi connectivity index (χ3v) is 5.37. The lowest BCUT2D eigenvalue weighted by molar-refractivity contribution is -0.130. The second kappa shape index (κ2) is 8.81. The van der Waals surface area contributed by atoms with Crippen molar-refractivity contribution in [1.29, 1.82) is 0 Å². The molecule has 6 heteroatoms. The normalized spacial score (nSPS) is 22.8. The minimum atomic E-state index is -0.465. The molecule has 0 bridgehead atoms. The van der Waals surface area contributed by atoms with Crippen molar-refractivity contribution in [1.82, 2.24) is 15.5 Å². The molecule has 2 N–H and O–H groups in total. The molecular weight excluding hydrogens is 306 g/mol. The van der Waals surface area contributed by atoms with Crippen molar-refractivity contribution >= 4 is 11.8 Å². The maximum atomic E-state index is 12.6. The Hall–Kier alpha value is -1.14. The summed E-state index contributed by atoms with van der Waals surface area (Å²) in [5.74, 6) is -0.164. The Labute approximate surface area is 145 Å². The highest BCUT2D eigenvalue weighted by molar-refractivity contribution is 5.87. The summed E-state index contributed by atoms with van der Waals surface area (Å²) >= 11 is 0. The molecular formula is C18H33N3O3. The highest BCUT2D eigenvalue weighted by Gasteiger charge is 2.39. The molecule has 1 atom stereocenters. The molecule has 1 unspecified atom stereocenters. The average molecular weight is 339 g/mol. The van der Waals surface area contributed by atoms with Crippen LogP contribution in [0.3, 0.4) is 0 Å². The number of morpholine rings is 1. The summed E-state index contributed by atoms with van der Waals surface area (Å²) in [5.41, 5.74) is 0.0510. The number of hydrogen-bond donors (Lipinski definition) is 2. The smallest absolute Gasteiger partial charge is 0.242 e.